The molecule has 1 saturated heterocycles. The fourth-order valence-electron chi connectivity index (χ4n) is 8.89. The van der Waals surface area contributed by atoms with Crippen LogP contribution in [0, 0.1) is 11.8 Å². The van der Waals surface area contributed by atoms with Gasteiger partial charge in [-0.15, -0.1) is 0 Å². The lowest BCUT2D eigenvalue weighted by Crippen LogP contribution is -2.46. The van der Waals surface area contributed by atoms with Crippen molar-refractivity contribution in [3.05, 3.63) is 222 Å². The number of aromatic nitrogens is 4. The van der Waals surface area contributed by atoms with E-state index in [-0.39, 0.29) is 53.2 Å². The first kappa shape index (κ1) is 45.8. The Morgan fingerprint density at radius 2 is 1.00 bits per heavy atom. The molecule has 0 radical (unpaired) electrons. The molecular weight excluding hydrogens is 853 g/mol. The molecule has 2 amide bonds. The van der Waals surface area contributed by atoms with Crippen LogP contribution in [0.25, 0.3) is 11.2 Å². The van der Waals surface area contributed by atoms with Crippen LogP contribution in [0.4, 0.5) is 11.8 Å². The molecule has 12 nitrogen and oxygen atoms in total. The summed E-state index contributed by atoms with van der Waals surface area (Å²) in [5.41, 5.74) is 3.18. The summed E-state index contributed by atoms with van der Waals surface area (Å²) in [6.45, 7) is 6.97. The fraction of sp³-hybridized carbons (Fsp3) is 0.232. The second kappa shape index (κ2) is 19.9. The predicted molar refractivity (Wildman–Crippen MR) is 261 cm³/mol. The van der Waals surface area contributed by atoms with Crippen LogP contribution >= 0.6 is 0 Å². The number of hydrogen-bond donors (Lipinski definition) is 3. The maximum absolute atomic E-state index is 13.2. The summed E-state index contributed by atoms with van der Waals surface area (Å²) in [6.07, 6.45) is -3.09. The van der Waals surface area contributed by atoms with E-state index >= 15 is 0 Å². The standard InChI is InChI=1S/C56H54N6O6/c1-37(2)51(64)58-49-46-50(60-54(59-49)61-52(65)38(3)4)62(36-57-46)53-47(63)48(68-56(42-29-17-8-18-30-42,43-31-19-9-20-32-43)44-33-21-10-22-34-44)45(67-53)35-66-55(39-23-11-5-12-24-39,40-25-13-6-14-26-40)41-27-15-7-16-28-41/h5-34,36-38,45,47-48,53,63H,35H2,1-4H3,(H2,58,59,60,61,64,65)/t45-,47-,48-,53-/m1/s1. The molecule has 4 atom stereocenters. The second-order valence-electron chi connectivity index (χ2n) is 17.5. The molecule has 2 aromatic heterocycles. The lowest BCUT2D eigenvalue weighted by Gasteiger charge is -2.41. The smallest absolute Gasteiger partial charge is 0.233 e. The summed E-state index contributed by atoms with van der Waals surface area (Å²) in [6, 6.07) is 60.1. The number of nitrogens with zero attached hydrogens (tertiary/aromatic N) is 4. The summed E-state index contributed by atoms with van der Waals surface area (Å²) in [5.74, 6) is -1.35. The van der Waals surface area contributed by atoms with Crippen LogP contribution < -0.4 is 10.6 Å². The Labute approximate surface area is 396 Å². The van der Waals surface area contributed by atoms with Crippen LogP contribution in [-0.2, 0) is 35.0 Å². The summed E-state index contributed by atoms with van der Waals surface area (Å²) in [4.78, 5) is 40.2. The van der Waals surface area contributed by atoms with Gasteiger partial charge in [-0.25, -0.2) is 4.98 Å². The highest BCUT2D eigenvalue weighted by atomic mass is 16.6. The molecule has 0 unspecified atom stereocenters. The van der Waals surface area contributed by atoms with E-state index in [1.54, 1.807) is 32.3 Å². The topological polar surface area (TPSA) is 150 Å². The van der Waals surface area contributed by atoms with Crippen LogP contribution in [0.3, 0.4) is 0 Å². The van der Waals surface area contributed by atoms with E-state index < -0.39 is 35.7 Å². The van der Waals surface area contributed by atoms with Crippen molar-refractivity contribution in [2.45, 2.75) is 63.4 Å². The van der Waals surface area contributed by atoms with Crippen molar-refractivity contribution in [3.8, 4) is 0 Å². The molecule has 0 bridgehead atoms. The highest BCUT2D eigenvalue weighted by Crippen LogP contribution is 2.47. The van der Waals surface area contributed by atoms with Gasteiger partial charge < -0.3 is 24.6 Å². The normalized spacial score (nSPS) is 17.4. The molecule has 3 heterocycles. The van der Waals surface area contributed by atoms with Gasteiger partial charge in [0.2, 0.25) is 17.8 Å². The van der Waals surface area contributed by atoms with E-state index in [9.17, 15) is 14.7 Å². The highest BCUT2D eigenvalue weighted by Gasteiger charge is 2.53. The molecule has 9 rings (SSSR count). The Kier molecular flexibility index (Phi) is 13.4. The number of fused-ring (bicyclic) bond motifs is 1. The number of hydrogen-bond acceptors (Lipinski definition) is 9. The molecule has 68 heavy (non-hydrogen) atoms. The number of carbonyl (C=O) groups is 2. The van der Waals surface area contributed by atoms with Crippen molar-refractivity contribution in [2.75, 3.05) is 17.2 Å². The van der Waals surface area contributed by atoms with Gasteiger partial charge in [0.25, 0.3) is 0 Å². The first-order valence-electron chi connectivity index (χ1n) is 22.9. The Bertz CT molecular complexity index is 2750. The molecule has 0 saturated carbocycles. The molecule has 344 valence electrons. The van der Waals surface area contributed by atoms with Gasteiger partial charge in [-0.3, -0.25) is 19.5 Å². The zero-order valence-electron chi connectivity index (χ0n) is 38.3. The van der Waals surface area contributed by atoms with E-state index in [1.807, 2.05) is 146 Å². The van der Waals surface area contributed by atoms with Gasteiger partial charge in [0.1, 0.15) is 29.5 Å². The van der Waals surface area contributed by atoms with Crippen LogP contribution in [-0.4, -0.2) is 61.4 Å². The number of rotatable bonds is 16. The number of nitrogens with one attached hydrogen (secondary N) is 2. The van der Waals surface area contributed by atoms with Crippen LogP contribution in [0.1, 0.15) is 67.3 Å². The average Bonchev–Trinajstić information content (AvgIpc) is 3.94. The third kappa shape index (κ3) is 8.82. The summed E-state index contributed by atoms with van der Waals surface area (Å²) in [7, 11) is 0. The number of carbonyl (C=O) groups excluding carboxylic acids is 2. The number of imidazole rings is 1. The molecule has 3 N–H and O–H groups in total. The van der Waals surface area contributed by atoms with Crippen molar-refractivity contribution in [1.82, 2.24) is 19.5 Å². The average molecular weight is 907 g/mol. The Morgan fingerprint density at radius 1 is 0.603 bits per heavy atom. The van der Waals surface area contributed by atoms with Crippen molar-refractivity contribution in [1.29, 1.82) is 0 Å². The van der Waals surface area contributed by atoms with Crippen molar-refractivity contribution < 1.29 is 28.9 Å². The van der Waals surface area contributed by atoms with Gasteiger partial charge in [0.15, 0.2) is 23.2 Å². The summed E-state index contributed by atoms with van der Waals surface area (Å²) >= 11 is 0. The number of aliphatic hydroxyl groups excluding tert-OH is 1. The number of amides is 2. The first-order valence-corrected chi connectivity index (χ1v) is 22.9. The molecule has 0 aliphatic carbocycles. The molecule has 1 aliphatic rings. The lowest BCUT2D eigenvalue weighted by atomic mass is 9.79. The number of ether oxygens (including phenoxy) is 3. The van der Waals surface area contributed by atoms with E-state index in [2.05, 4.69) is 57.0 Å². The highest BCUT2D eigenvalue weighted by molar-refractivity contribution is 5.99. The van der Waals surface area contributed by atoms with Gasteiger partial charge in [-0.05, 0) is 33.4 Å². The minimum absolute atomic E-state index is 0.0493. The van der Waals surface area contributed by atoms with E-state index in [0.717, 1.165) is 33.4 Å². The third-order valence-electron chi connectivity index (χ3n) is 12.4. The second-order valence-corrected chi connectivity index (χ2v) is 17.5. The van der Waals surface area contributed by atoms with Gasteiger partial charge in [-0.2, -0.15) is 9.97 Å². The SMILES string of the molecule is CC(C)C(=O)Nc1nc(NC(=O)C(C)C)c2ncn([C@@H]3O[C@H](COC(c4ccccc4)(c4ccccc4)c4ccccc4)[C@@H](OC(c4ccccc4)(c4ccccc4)c4ccccc4)[C@H]3O)c2n1. The molecular formula is C56H54N6O6. The van der Waals surface area contributed by atoms with Crippen molar-refractivity contribution >= 4 is 34.7 Å². The van der Waals surface area contributed by atoms with Gasteiger partial charge >= 0.3 is 0 Å². The van der Waals surface area contributed by atoms with E-state index in [1.165, 1.54) is 6.33 Å². The number of anilines is 2. The quantitative estimate of drug-likeness (QED) is 0.0806. The van der Waals surface area contributed by atoms with Gasteiger partial charge in [0.05, 0.1) is 12.9 Å². The Morgan fingerprint density at radius 3 is 1.41 bits per heavy atom. The van der Waals surface area contributed by atoms with Crippen molar-refractivity contribution in [3.63, 3.8) is 0 Å². The zero-order valence-corrected chi connectivity index (χ0v) is 38.3. The molecule has 6 aromatic carbocycles. The first-order chi connectivity index (χ1) is 33.1. The van der Waals surface area contributed by atoms with Gasteiger partial charge in [0, 0.05) is 11.8 Å². The van der Waals surface area contributed by atoms with E-state index in [0.29, 0.717) is 0 Å². The van der Waals surface area contributed by atoms with Crippen LogP contribution in [0.2, 0.25) is 0 Å². The van der Waals surface area contributed by atoms with Crippen LogP contribution in [0.5, 0.6) is 0 Å². The monoisotopic (exact) mass is 906 g/mol. The molecule has 1 aliphatic heterocycles. The Balaban J connectivity index is 1.22. The summed E-state index contributed by atoms with van der Waals surface area (Å²) < 4.78 is 23.8. The lowest BCUT2D eigenvalue weighted by molar-refractivity contribution is -0.131. The minimum atomic E-state index is -1.38. The number of benzene rings is 6. The molecule has 1 fully saturated rings. The minimum Gasteiger partial charge on any atom is -0.386 e. The van der Waals surface area contributed by atoms with Crippen LogP contribution in [0.15, 0.2) is 188 Å². The predicted octanol–water partition coefficient (Wildman–Crippen LogP) is 9.66. The molecule has 12 heteroatoms. The summed E-state index contributed by atoms with van der Waals surface area (Å²) in [5, 5.41) is 18.7. The largest absolute Gasteiger partial charge is 0.386 e. The third-order valence-corrected chi connectivity index (χ3v) is 12.4. The fourth-order valence-corrected chi connectivity index (χ4v) is 8.89. The zero-order chi connectivity index (χ0) is 47.3. The number of aliphatic hydroxyl groups is 1. The molecule has 0 spiro atoms. The van der Waals surface area contributed by atoms with Gasteiger partial charge in [-0.1, -0.05) is 210 Å². The van der Waals surface area contributed by atoms with Crippen molar-refractivity contribution in [2.24, 2.45) is 11.8 Å². The maximum Gasteiger partial charge on any atom is 0.233 e. The van der Waals surface area contributed by atoms with E-state index in [4.69, 9.17) is 19.2 Å². The molecule has 8 aromatic rings. The Hall–Kier alpha value is -7.35. The maximum atomic E-state index is 13.2.